The summed E-state index contributed by atoms with van der Waals surface area (Å²) in [5.74, 6) is -1.15. The molecular weight excluding hydrogens is 356 g/mol. The fraction of sp³-hybridized carbons (Fsp3) is 0.364. The summed E-state index contributed by atoms with van der Waals surface area (Å²) < 4.78 is 0. The predicted octanol–water partition coefficient (Wildman–Crippen LogP) is 2.32. The second-order valence-corrected chi connectivity index (χ2v) is 8.29. The molecule has 2 heterocycles. The zero-order valence-electron chi connectivity index (χ0n) is 15.2. The molecule has 0 radical (unpaired) electrons. The molecule has 1 aromatic rings. The van der Waals surface area contributed by atoms with Crippen LogP contribution in [0.5, 0.6) is 0 Å². The Morgan fingerprint density at radius 2 is 1.25 bits per heavy atom. The lowest BCUT2D eigenvalue weighted by Gasteiger charge is -2.39. The van der Waals surface area contributed by atoms with Crippen molar-refractivity contribution in [2.45, 2.75) is 50.0 Å². The Balaban J connectivity index is 1.40. The van der Waals surface area contributed by atoms with Crippen LogP contribution in [0.2, 0.25) is 0 Å². The molecule has 2 fully saturated rings. The first-order chi connectivity index (χ1) is 13.5. The van der Waals surface area contributed by atoms with Gasteiger partial charge in [-0.05, 0) is 36.1 Å². The molecule has 5 aliphatic rings. The second kappa shape index (κ2) is 5.28. The van der Waals surface area contributed by atoms with E-state index in [4.69, 9.17) is 0 Å². The topological polar surface area (TPSA) is 83.6 Å². The number of benzene rings is 1. The van der Waals surface area contributed by atoms with Crippen LogP contribution in [-0.2, 0) is 9.59 Å². The Kier molecular flexibility index (Phi) is 3.01. The smallest absolute Gasteiger partial charge is 0.261 e. The number of hydrogen-bond acceptors (Lipinski definition) is 4. The fourth-order valence-electron chi connectivity index (χ4n) is 5.44. The zero-order chi connectivity index (χ0) is 19.2. The molecule has 0 spiro atoms. The number of amides is 4. The van der Waals surface area contributed by atoms with Crippen LogP contribution in [0.15, 0.2) is 35.4 Å². The number of rotatable bonds is 1. The van der Waals surface area contributed by atoms with Crippen LogP contribution in [-0.4, -0.2) is 34.6 Å². The Morgan fingerprint density at radius 3 is 1.75 bits per heavy atom. The molecule has 140 valence electrons. The number of fused-ring (bicyclic) bond motifs is 6. The summed E-state index contributed by atoms with van der Waals surface area (Å²) in [7, 11) is 0. The predicted molar refractivity (Wildman–Crippen MR) is 98.6 cm³/mol. The number of allylic oxidation sites excluding steroid dienone is 2. The molecule has 1 N–H and O–H groups in total. The van der Waals surface area contributed by atoms with Gasteiger partial charge in [0.15, 0.2) is 0 Å². The average molecular weight is 374 g/mol. The highest BCUT2D eigenvalue weighted by Gasteiger charge is 2.49. The summed E-state index contributed by atoms with van der Waals surface area (Å²) in [4.78, 5) is 51.4. The molecule has 2 atom stereocenters. The number of carbonyl (C=O) groups excluding carboxylic acids is 4. The molecule has 6 heteroatoms. The van der Waals surface area contributed by atoms with E-state index < -0.39 is 0 Å². The number of nitrogens with one attached hydrogen (secondary N) is 1. The van der Waals surface area contributed by atoms with Gasteiger partial charge in [-0.15, -0.1) is 0 Å². The third kappa shape index (κ3) is 1.87. The Labute approximate surface area is 161 Å². The van der Waals surface area contributed by atoms with Gasteiger partial charge in [0.2, 0.25) is 0 Å². The molecule has 1 saturated heterocycles. The highest BCUT2D eigenvalue weighted by molar-refractivity contribution is 6.25. The number of imide groups is 2. The lowest BCUT2D eigenvalue weighted by Crippen LogP contribution is -2.40. The Hall–Kier alpha value is -3.02. The lowest BCUT2D eigenvalue weighted by molar-refractivity contribution is -0.139. The standard InChI is InChI=1S/C22H18N2O4/c25-19-15-6-11-12(7-16(15)20(26)23-19)14-9-18-17(8-13(11)14)21(27)24(22(18)28)10-4-2-1-3-5-10/h6-10,13-14H,1-5H2,(H,23,25,26)/t13-,14?/m0/s1. The van der Waals surface area contributed by atoms with E-state index in [1.807, 2.05) is 12.2 Å². The van der Waals surface area contributed by atoms with Crippen molar-refractivity contribution in [1.82, 2.24) is 10.2 Å². The first-order valence-electron chi connectivity index (χ1n) is 9.90. The average Bonchev–Trinajstić information content (AvgIpc) is 3.11. The van der Waals surface area contributed by atoms with Gasteiger partial charge in [-0.25, -0.2) is 0 Å². The monoisotopic (exact) mass is 374 g/mol. The minimum atomic E-state index is -0.374. The van der Waals surface area contributed by atoms with E-state index in [0.717, 1.165) is 43.2 Å². The molecular formula is C22H18N2O4. The van der Waals surface area contributed by atoms with E-state index in [0.29, 0.717) is 22.3 Å². The molecule has 28 heavy (non-hydrogen) atoms. The molecule has 4 amide bonds. The highest BCUT2D eigenvalue weighted by atomic mass is 16.2. The van der Waals surface area contributed by atoms with Crippen LogP contribution in [0.1, 0.15) is 75.8 Å². The van der Waals surface area contributed by atoms with Crippen LogP contribution in [0, 0.1) is 0 Å². The molecule has 6 nitrogen and oxygen atoms in total. The molecule has 1 saturated carbocycles. The summed E-state index contributed by atoms with van der Waals surface area (Å²) in [6, 6.07) is 3.54. The van der Waals surface area contributed by atoms with Gasteiger partial charge in [-0.1, -0.05) is 31.4 Å². The van der Waals surface area contributed by atoms with Crippen molar-refractivity contribution in [3.8, 4) is 0 Å². The minimum absolute atomic E-state index is 0.00583. The molecule has 1 aromatic carbocycles. The summed E-state index contributed by atoms with van der Waals surface area (Å²) in [6.45, 7) is 0. The van der Waals surface area contributed by atoms with E-state index in [9.17, 15) is 19.2 Å². The quantitative estimate of drug-likeness (QED) is 0.765. The zero-order valence-corrected chi connectivity index (χ0v) is 15.2. The first-order valence-corrected chi connectivity index (χ1v) is 9.90. The van der Waals surface area contributed by atoms with E-state index >= 15 is 0 Å². The highest BCUT2D eigenvalue weighted by Crippen LogP contribution is 2.54. The Morgan fingerprint density at radius 1 is 0.750 bits per heavy atom. The summed E-state index contributed by atoms with van der Waals surface area (Å²) in [5.41, 5.74) is 3.73. The lowest BCUT2D eigenvalue weighted by atomic mass is 9.63. The van der Waals surface area contributed by atoms with Gasteiger partial charge in [0.25, 0.3) is 23.6 Å². The first kappa shape index (κ1) is 16.0. The van der Waals surface area contributed by atoms with Crippen LogP contribution >= 0.6 is 0 Å². The van der Waals surface area contributed by atoms with E-state index in [1.165, 1.54) is 4.90 Å². The number of likely N-dealkylation sites (tertiary alicyclic amines) is 1. The van der Waals surface area contributed by atoms with Crippen LogP contribution in [0.4, 0.5) is 0 Å². The van der Waals surface area contributed by atoms with Crippen molar-refractivity contribution in [3.05, 3.63) is 57.7 Å². The van der Waals surface area contributed by atoms with Crippen molar-refractivity contribution < 1.29 is 19.2 Å². The van der Waals surface area contributed by atoms with Gasteiger partial charge < -0.3 is 0 Å². The number of nitrogens with zero attached hydrogens (tertiary/aromatic N) is 1. The fourth-order valence-corrected chi connectivity index (χ4v) is 5.44. The minimum Gasteiger partial charge on any atom is -0.288 e. The van der Waals surface area contributed by atoms with Gasteiger partial charge in [-0.2, -0.15) is 0 Å². The molecule has 0 bridgehead atoms. The van der Waals surface area contributed by atoms with Gasteiger partial charge >= 0.3 is 0 Å². The summed E-state index contributed by atoms with van der Waals surface area (Å²) in [6.07, 6.45) is 8.83. The van der Waals surface area contributed by atoms with Gasteiger partial charge in [-0.3, -0.25) is 29.4 Å². The van der Waals surface area contributed by atoms with E-state index in [2.05, 4.69) is 5.32 Å². The third-order valence-electron chi connectivity index (χ3n) is 6.87. The molecule has 1 unspecified atom stereocenters. The maximum absolute atomic E-state index is 13.0. The molecule has 6 rings (SSSR count). The summed E-state index contributed by atoms with van der Waals surface area (Å²) in [5, 5.41) is 2.32. The number of hydrogen-bond donors (Lipinski definition) is 1. The van der Waals surface area contributed by atoms with Crippen molar-refractivity contribution in [2.24, 2.45) is 0 Å². The maximum Gasteiger partial charge on any atom is 0.261 e. The van der Waals surface area contributed by atoms with E-state index in [-0.39, 0.29) is 41.5 Å². The molecule has 2 aliphatic heterocycles. The summed E-state index contributed by atoms with van der Waals surface area (Å²) >= 11 is 0. The van der Waals surface area contributed by atoms with E-state index in [1.54, 1.807) is 12.1 Å². The Bertz CT molecular complexity index is 999. The third-order valence-corrected chi connectivity index (χ3v) is 6.87. The van der Waals surface area contributed by atoms with Crippen molar-refractivity contribution in [2.75, 3.05) is 0 Å². The molecule has 0 aromatic heterocycles. The van der Waals surface area contributed by atoms with Crippen molar-refractivity contribution >= 4 is 23.6 Å². The van der Waals surface area contributed by atoms with Crippen molar-refractivity contribution in [1.29, 1.82) is 0 Å². The van der Waals surface area contributed by atoms with Crippen molar-refractivity contribution in [3.63, 3.8) is 0 Å². The van der Waals surface area contributed by atoms with Crippen LogP contribution in [0.3, 0.4) is 0 Å². The molecule has 3 aliphatic carbocycles. The number of carbonyl (C=O) groups is 4. The second-order valence-electron chi connectivity index (χ2n) is 8.29. The van der Waals surface area contributed by atoms with Crippen LogP contribution < -0.4 is 5.32 Å². The SMILES string of the molecule is O=C1NC(=O)c2cc3c(cc21)C1C=C2C(=O)N(C4CCCCC4)C(=O)C2=C[C@@H]31. The normalized spacial score (nSPS) is 28.1. The van der Waals surface area contributed by atoms with Gasteiger partial charge in [0.05, 0.1) is 11.1 Å². The van der Waals surface area contributed by atoms with Crippen LogP contribution in [0.25, 0.3) is 0 Å². The maximum atomic E-state index is 13.0. The van der Waals surface area contributed by atoms with Gasteiger partial charge in [0, 0.05) is 29.0 Å². The largest absolute Gasteiger partial charge is 0.288 e. The van der Waals surface area contributed by atoms with Gasteiger partial charge in [0.1, 0.15) is 0 Å².